The molecule has 6 nitrogen and oxygen atoms in total. The minimum atomic E-state index is 0.675. The molecule has 160 valence electrons. The predicted molar refractivity (Wildman–Crippen MR) is 123 cm³/mol. The summed E-state index contributed by atoms with van der Waals surface area (Å²) in [7, 11) is 5.79. The second-order valence-electron chi connectivity index (χ2n) is 8.25. The van der Waals surface area contributed by atoms with Gasteiger partial charge >= 0.3 is 0 Å². The lowest BCUT2D eigenvalue weighted by Crippen LogP contribution is -2.21. The van der Waals surface area contributed by atoms with Gasteiger partial charge in [0.1, 0.15) is 0 Å². The summed E-state index contributed by atoms with van der Waals surface area (Å²) in [6.45, 7) is 6.26. The van der Waals surface area contributed by atoms with Crippen molar-refractivity contribution in [3.8, 4) is 22.9 Å². The lowest BCUT2D eigenvalue weighted by atomic mass is 10.1. The second kappa shape index (κ2) is 8.96. The summed E-state index contributed by atoms with van der Waals surface area (Å²) in [6, 6.07) is 10.3. The number of hydrogen-bond acceptors (Lipinski definition) is 5. The molecule has 0 spiro atoms. The number of nitrogens with zero attached hydrogens (tertiary/aromatic N) is 3. The molecule has 4 rings (SSSR count). The number of pyridine rings is 1. The highest BCUT2D eigenvalue weighted by Gasteiger charge is 2.16. The summed E-state index contributed by atoms with van der Waals surface area (Å²) in [5.41, 5.74) is 5.06. The van der Waals surface area contributed by atoms with Crippen molar-refractivity contribution in [2.75, 3.05) is 52.3 Å². The average Bonchev–Trinajstić information content (AvgIpc) is 3.41. The third kappa shape index (κ3) is 4.38. The van der Waals surface area contributed by atoms with Crippen LogP contribution in [0.3, 0.4) is 0 Å². The Morgan fingerprint density at radius 1 is 1.10 bits per heavy atom. The van der Waals surface area contributed by atoms with Crippen molar-refractivity contribution in [2.24, 2.45) is 0 Å². The highest BCUT2D eigenvalue weighted by Crippen LogP contribution is 2.37. The Kier molecular flexibility index (Phi) is 6.13. The zero-order valence-corrected chi connectivity index (χ0v) is 18.5. The number of likely N-dealkylation sites (tertiary alicyclic amines) is 1. The summed E-state index contributed by atoms with van der Waals surface area (Å²) < 4.78 is 11.8. The van der Waals surface area contributed by atoms with Gasteiger partial charge in [-0.05, 0) is 63.5 Å². The largest absolute Gasteiger partial charge is 0.493 e. The fourth-order valence-corrected chi connectivity index (χ4v) is 4.13. The molecule has 1 aliphatic heterocycles. The van der Waals surface area contributed by atoms with Crippen LogP contribution in [-0.2, 0) is 0 Å². The van der Waals surface area contributed by atoms with Gasteiger partial charge in [-0.1, -0.05) is 0 Å². The highest BCUT2D eigenvalue weighted by molar-refractivity contribution is 5.96. The molecule has 1 saturated heterocycles. The molecule has 1 aliphatic rings. The second-order valence-corrected chi connectivity index (χ2v) is 8.25. The zero-order valence-electron chi connectivity index (χ0n) is 18.5. The average molecular weight is 409 g/mol. The molecule has 0 atom stereocenters. The van der Waals surface area contributed by atoms with Crippen molar-refractivity contribution in [1.29, 1.82) is 0 Å². The molecule has 1 N–H and O–H groups in total. The van der Waals surface area contributed by atoms with Crippen LogP contribution in [0.5, 0.6) is 11.5 Å². The third-order valence-electron chi connectivity index (χ3n) is 5.74. The summed E-state index contributed by atoms with van der Waals surface area (Å²) in [5.74, 6) is 1.50. The Morgan fingerprint density at radius 3 is 2.57 bits per heavy atom. The van der Waals surface area contributed by atoms with Crippen LogP contribution in [-0.4, -0.2) is 62.3 Å². The van der Waals surface area contributed by atoms with Crippen LogP contribution in [0.2, 0.25) is 0 Å². The van der Waals surface area contributed by atoms with E-state index in [0.717, 1.165) is 58.1 Å². The predicted octanol–water partition coefficient (Wildman–Crippen LogP) is 4.48. The Morgan fingerprint density at radius 2 is 1.90 bits per heavy atom. The number of anilines is 1. The molecule has 0 amide bonds. The maximum atomic E-state index is 6.13. The van der Waals surface area contributed by atoms with E-state index in [2.05, 4.69) is 39.9 Å². The molecule has 0 saturated carbocycles. The van der Waals surface area contributed by atoms with E-state index < -0.39 is 0 Å². The van der Waals surface area contributed by atoms with Crippen LogP contribution < -0.4 is 14.4 Å². The molecule has 2 aromatic heterocycles. The van der Waals surface area contributed by atoms with E-state index in [1.54, 1.807) is 7.11 Å². The normalized spacial score (nSPS) is 14.4. The number of hydrogen-bond donors (Lipinski definition) is 1. The van der Waals surface area contributed by atoms with Gasteiger partial charge in [-0.15, -0.1) is 0 Å². The lowest BCUT2D eigenvalue weighted by molar-refractivity contribution is 0.254. The number of rotatable bonds is 8. The molecule has 30 heavy (non-hydrogen) atoms. The van der Waals surface area contributed by atoms with Gasteiger partial charge in [0, 0.05) is 43.5 Å². The van der Waals surface area contributed by atoms with E-state index in [4.69, 9.17) is 14.5 Å². The number of ether oxygens (including phenoxy) is 2. The summed E-state index contributed by atoms with van der Waals surface area (Å²) >= 11 is 0. The van der Waals surface area contributed by atoms with Crippen LogP contribution >= 0.6 is 0 Å². The Bertz CT molecular complexity index is 1010. The molecule has 1 aromatic carbocycles. The number of H-pyrrole nitrogens is 1. The quantitative estimate of drug-likeness (QED) is 0.557. The number of aromatic nitrogens is 2. The number of fused-ring (bicyclic) bond motifs is 1. The van der Waals surface area contributed by atoms with Gasteiger partial charge in [-0.3, -0.25) is 0 Å². The van der Waals surface area contributed by atoms with Crippen LogP contribution in [0.4, 0.5) is 5.69 Å². The number of benzene rings is 1. The van der Waals surface area contributed by atoms with Crippen LogP contribution in [0.25, 0.3) is 22.3 Å². The van der Waals surface area contributed by atoms with Crippen molar-refractivity contribution in [3.05, 3.63) is 36.0 Å². The van der Waals surface area contributed by atoms with E-state index in [0.29, 0.717) is 6.61 Å². The smallest absolute Gasteiger partial charge is 0.163 e. The van der Waals surface area contributed by atoms with Crippen molar-refractivity contribution in [1.82, 2.24) is 14.9 Å². The number of nitrogens with one attached hydrogen (secondary N) is 1. The molecular weight excluding hydrogens is 376 g/mol. The number of aromatic amines is 1. The van der Waals surface area contributed by atoms with E-state index in [9.17, 15) is 0 Å². The Balaban J connectivity index is 1.63. The summed E-state index contributed by atoms with van der Waals surface area (Å²) in [6.07, 6.45) is 3.66. The van der Waals surface area contributed by atoms with Gasteiger partial charge in [-0.25, -0.2) is 4.98 Å². The molecule has 3 aromatic rings. The van der Waals surface area contributed by atoms with Crippen molar-refractivity contribution < 1.29 is 9.47 Å². The number of methoxy groups -OCH3 is 1. The molecule has 0 unspecified atom stereocenters. The molecule has 6 heteroatoms. The fourth-order valence-electron chi connectivity index (χ4n) is 4.13. The van der Waals surface area contributed by atoms with Gasteiger partial charge in [0.05, 0.1) is 30.6 Å². The maximum Gasteiger partial charge on any atom is 0.163 e. The number of aryl methyl sites for hydroxylation is 1. The molecular formula is C24H32N4O2. The zero-order chi connectivity index (χ0) is 21.1. The van der Waals surface area contributed by atoms with Crippen LogP contribution in [0, 0.1) is 6.92 Å². The maximum absolute atomic E-state index is 6.13. The van der Waals surface area contributed by atoms with Gasteiger partial charge in [0.25, 0.3) is 0 Å². The summed E-state index contributed by atoms with van der Waals surface area (Å²) in [4.78, 5) is 12.9. The van der Waals surface area contributed by atoms with Crippen LogP contribution in [0.15, 0.2) is 30.3 Å². The molecule has 0 bridgehead atoms. The first-order chi connectivity index (χ1) is 14.5. The minimum absolute atomic E-state index is 0.675. The highest BCUT2D eigenvalue weighted by atomic mass is 16.5. The third-order valence-corrected chi connectivity index (χ3v) is 5.74. The topological polar surface area (TPSA) is 53.6 Å². The van der Waals surface area contributed by atoms with Crippen molar-refractivity contribution >= 4 is 16.6 Å². The van der Waals surface area contributed by atoms with Gasteiger partial charge in [0.2, 0.25) is 0 Å². The standard InChI is InChI=1S/C24H32N4O2/c1-17-8-9-19(25-17)21-15-22(27(2)3)18-14-23(29-4)24(16-20(18)26-21)30-13-7-12-28-10-5-6-11-28/h8-9,14-16,25H,5-7,10-13H2,1-4H3. The van der Waals surface area contributed by atoms with E-state index in [-0.39, 0.29) is 0 Å². The van der Waals surface area contributed by atoms with Gasteiger partial charge < -0.3 is 24.3 Å². The van der Waals surface area contributed by atoms with Crippen molar-refractivity contribution in [3.63, 3.8) is 0 Å². The molecule has 3 heterocycles. The van der Waals surface area contributed by atoms with Gasteiger partial charge in [-0.2, -0.15) is 0 Å². The van der Waals surface area contributed by atoms with E-state index in [1.165, 1.54) is 25.9 Å². The molecule has 0 radical (unpaired) electrons. The molecule has 1 fully saturated rings. The van der Waals surface area contributed by atoms with E-state index >= 15 is 0 Å². The first kappa shape index (κ1) is 20.5. The Labute approximate surface area is 178 Å². The first-order valence-corrected chi connectivity index (χ1v) is 10.8. The monoisotopic (exact) mass is 408 g/mol. The first-order valence-electron chi connectivity index (χ1n) is 10.8. The minimum Gasteiger partial charge on any atom is -0.493 e. The van der Waals surface area contributed by atoms with E-state index in [1.807, 2.05) is 26.2 Å². The van der Waals surface area contributed by atoms with Crippen LogP contribution in [0.1, 0.15) is 25.0 Å². The summed E-state index contributed by atoms with van der Waals surface area (Å²) in [5, 5.41) is 1.05. The molecule has 0 aliphatic carbocycles. The Hall–Kier alpha value is -2.73. The SMILES string of the molecule is COc1cc2c(N(C)C)cc(-c3ccc(C)[nH]3)nc2cc1OCCCN1CCCC1. The van der Waals surface area contributed by atoms with Crippen molar-refractivity contribution in [2.45, 2.75) is 26.2 Å². The lowest BCUT2D eigenvalue weighted by Gasteiger charge is -2.19. The van der Waals surface area contributed by atoms with Gasteiger partial charge in [0.15, 0.2) is 11.5 Å². The fraction of sp³-hybridized carbons (Fsp3) is 0.458.